The van der Waals surface area contributed by atoms with Gasteiger partial charge in [0.2, 0.25) is 5.91 Å². The number of carbonyl (C=O) groups is 2. The van der Waals surface area contributed by atoms with E-state index < -0.39 is 0 Å². The Labute approximate surface area is 163 Å². The molecule has 2 aliphatic heterocycles. The lowest BCUT2D eigenvalue weighted by Crippen LogP contribution is -2.53. The van der Waals surface area contributed by atoms with Crippen LogP contribution in [-0.4, -0.2) is 56.0 Å². The third kappa shape index (κ3) is 3.52. The summed E-state index contributed by atoms with van der Waals surface area (Å²) in [4.78, 5) is 30.3. The van der Waals surface area contributed by atoms with E-state index in [9.17, 15) is 14.0 Å². The molecule has 0 radical (unpaired) electrons. The topological polar surface area (TPSA) is 53.1 Å². The lowest BCUT2D eigenvalue weighted by Gasteiger charge is -2.37. The first-order valence-electron chi connectivity index (χ1n) is 9.34. The number of halogens is 1. The van der Waals surface area contributed by atoms with Crippen LogP contribution in [0.1, 0.15) is 5.56 Å². The molecule has 0 bridgehead atoms. The maximum Gasteiger partial charge on any atom is 0.265 e. The first kappa shape index (κ1) is 18.3. The third-order valence-electron chi connectivity index (χ3n) is 5.18. The van der Waals surface area contributed by atoms with Crippen molar-refractivity contribution in [1.82, 2.24) is 4.90 Å². The van der Waals surface area contributed by atoms with Crippen LogP contribution >= 0.6 is 0 Å². The second-order valence-electron chi connectivity index (χ2n) is 7.06. The van der Waals surface area contributed by atoms with Gasteiger partial charge in [0, 0.05) is 26.2 Å². The van der Waals surface area contributed by atoms with E-state index in [1.165, 1.54) is 11.0 Å². The molecule has 0 aliphatic carbocycles. The van der Waals surface area contributed by atoms with Gasteiger partial charge < -0.3 is 14.5 Å². The molecule has 0 atom stereocenters. The SMILES string of the molecule is Cc1ccc2c(c1)OCC(=O)N2CC(=O)N1CCN(c2ccccc2F)CC1. The zero-order chi connectivity index (χ0) is 19.7. The molecular formula is C21H22FN3O3. The van der Waals surface area contributed by atoms with E-state index in [4.69, 9.17) is 4.74 Å². The van der Waals surface area contributed by atoms with E-state index in [0.29, 0.717) is 43.3 Å². The molecule has 1 fully saturated rings. The number of carbonyl (C=O) groups excluding carboxylic acids is 2. The van der Waals surface area contributed by atoms with Crippen molar-refractivity contribution >= 4 is 23.2 Å². The number of anilines is 2. The number of ether oxygens (including phenoxy) is 1. The van der Waals surface area contributed by atoms with Gasteiger partial charge in [-0.05, 0) is 36.8 Å². The fraction of sp³-hybridized carbons (Fsp3) is 0.333. The van der Waals surface area contributed by atoms with Crippen LogP contribution in [0, 0.1) is 12.7 Å². The van der Waals surface area contributed by atoms with Crippen molar-refractivity contribution in [1.29, 1.82) is 0 Å². The monoisotopic (exact) mass is 383 g/mol. The molecule has 0 aromatic heterocycles. The van der Waals surface area contributed by atoms with Crippen molar-refractivity contribution in [2.45, 2.75) is 6.92 Å². The predicted octanol–water partition coefficient (Wildman–Crippen LogP) is 2.21. The number of hydrogen-bond acceptors (Lipinski definition) is 4. The molecule has 7 heteroatoms. The van der Waals surface area contributed by atoms with Crippen LogP contribution < -0.4 is 14.5 Å². The number of aryl methyl sites for hydroxylation is 1. The summed E-state index contributed by atoms with van der Waals surface area (Å²) in [5.41, 5.74) is 2.21. The summed E-state index contributed by atoms with van der Waals surface area (Å²) in [5, 5.41) is 0. The molecule has 6 nitrogen and oxygen atoms in total. The molecule has 2 amide bonds. The summed E-state index contributed by atoms with van der Waals surface area (Å²) in [6.45, 7) is 3.96. The number of hydrogen-bond donors (Lipinski definition) is 0. The molecule has 146 valence electrons. The van der Waals surface area contributed by atoms with Gasteiger partial charge in [0.1, 0.15) is 18.1 Å². The van der Waals surface area contributed by atoms with Crippen LogP contribution in [-0.2, 0) is 9.59 Å². The Bertz CT molecular complexity index is 910. The Morgan fingerprint density at radius 2 is 1.82 bits per heavy atom. The fourth-order valence-corrected chi connectivity index (χ4v) is 3.63. The fourth-order valence-electron chi connectivity index (χ4n) is 3.63. The predicted molar refractivity (Wildman–Crippen MR) is 104 cm³/mol. The zero-order valence-electron chi connectivity index (χ0n) is 15.7. The molecule has 1 saturated heterocycles. The van der Waals surface area contributed by atoms with Crippen LogP contribution in [0.3, 0.4) is 0 Å². The summed E-state index contributed by atoms with van der Waals surface area (Å²) in [6.07, 6.45) is 0. The van der Waals surface area contributed by atoms with E-state index in [0.717, 1.165) is 5.56 Å². The van der Waals surface area contributed by atoms with Crippen LogP contribution in [0.25, 0.3) is 0 Å². The summed E-state index contributed by atoms with van der Waals surface area (Å²) >= 11 is 0. The maximum atomic E-state index is 14.0. The largest absolute Gasteiger partial charge is 0.482 e. The summed E-state index contributed by atoms with van der Waals surface area (Å²) in [5.74, 6) is 0.0227. The van der Waals surface area contributed by atoms with E-state index >= 15 is 0 Å². The maximum absolute atomic E-state index is 14.0. The van der Waals surface area contributed by atoms with Crippen molar-refractivity contribution in [2.75, 3.05) is 49.1 Å². The van der Waals surface area contributed by atoms with Crippen LogP contribution in [0.2, 0.25) is 0 Å². The number of nitrogens with zero attached hydrogens (tertiary/aromatic N) is 3. The first-order valence-corrected chi connectivity index (χ1v) is 9.34. The van der Waals surface area contributed by atoms with Crippen LogP contribution in [0.15, 0.2) is 42.5 Å². The normalized spacial score (nSPS) is 16.6. The molecule has 0 spiro atoms. The van der Waals surface area contributed by atoms with Crippen molar-refractivity contribution in [2.24, 2.45) is 0 Å². The van der Waals surface area contributed by atoms with Gasteiger partial charge in [0.15, 0.2) is 6.61 Å². The third-order valence-corrected chi connectivity index (χ3v) is 5.18. The molecule has 28 heavy (non-hydrogen) atoms. The Balaban J connectivity index is 1.41. The number of fused-ring (bicyclic) bond motifs is 1. The van der Waals surface area contributed by atoms with Crippen molar-refractivity contribution in [3.05, 3.63) is 53.8 Å². The standard InChI is InChI=1S/C21H22FN3O3/c1-15-6-7-18-19(12-15)28-14-21(27)25(18)13-20(26)24-10-8-23(9-11-24)17-5-3-2-4-16(17)22/h2-7,12H,8-11,13-14H2,1H3. The van der Waals surface area contributed by atoms with Crippen molar-refractivity contribution in [3.8, 4) is 5.75 Å². The van der Waals surface area contributed by atoms with Gasteiger partial charge in [0.05, 0.1) is 11.4 Å². The van der Waals surface area contributed by atoms with Gasteiger partial charge in [-0.25, -0.2) is 4.39 Å². The molecule has 4 rings (SSSR count). The highest BCUT2D eigenvalue weighted by Gasteiger charge is 2.30. The van der Waals surface area contributed by atoms with E-state index in [2.05, 4.69) is 0 Å². The van der Waals surface area contributed by atoms with Gasteiger partial charge in [-0.15, -0.1) is 0 Å². The highest BCUT2D eigenvalue weighted by molar-refractivity contribution is 6.02. The summed E-state index contributed by atoms with van der Waals surface area (Å²) < 4.78 is 19.5. The quantitative estimate of drug-likeness (QED) is 0.816. The van der Waals surface area contributed by atoms with Crippen LogP contribution in [0.4, 0.5) is 15.8 Å². The second-order valence-corrected chi connectivity index (χ2v) is 7.06. The molecule has 2 heterocycles. The van der Waals surface area contributed by atoms with E-state index in [1.54, 1.807) is 23.1 Å². The Hall–Kier alpha value is -3.09. The highest BCUT2D eigenvalue weighted by atomic mass is 19.1. The molecule has 0 unspecified atom stereocenters. The lowest BCUT2D eigenvalue weighted by molar-refractivity contribution is -0.132. The molecular weight excluding hydrogens is 361 g/mol. The molecule has 2 aromatic carbocycles. The smallest absolute Gasteiger partial charge is 0.265 e. The highest BCUT2D eigenvalue weighted by Crippen LogP contribution is 2.32. The van der Waals surface area contributed by atoms with Crippen LogP contribution in [0.5, 0.6) is 5.75 Å². The van der Waals surface area contributed by atoms with Gasteiger partial charge in [0.25, 0.3) is 5.91 Å². The van der Waals surface area contributed by atoms with Gasteiger partial charge in [-0.3, -0.25) is 14.5 Å². The average molecular weight is 383 g/mol. The number of benzene rings is 2. The number of rotatable bonds is 3. The Morgan fingerprint density at radius 3 is 2.57 bits per heavy atom. The Kier molecular flexibility index (Phi) is 4.90. The zero-order valence-corrected chi connectivity index (χ0v) is 15.7. The average Bonchev–Trinajstić information content (AvgIpc) is 2.70. The molecule has 2 aromatic rings. The minimum Gasteiger partial charge on any atom is -0.482 e. The Morgan fingerprint density at radius 1 is 1.07 bits per heavy atom. The van der Waals surface area contributed by atoms with E-state index in [-0.39, 0.29) is 30.8 Å². The van der Waals surface area contributed by atoms with E-state index in [1.807, 2.05) is 30.0 Å². The second kappa shape index (κ2) is 7.50. The number of para-hydroxylation sites is 1. The number of piperazine rings is 1. The lowest BCUT2D eigenvalue weighted by atomic mass is 10.1. The minimum absolute atomic E-state index is 0.0159. The van der Waals surface area contributed by atoms with Gasteiger partial charge >= 0.3 is 0 Å². The molecule has 0 N–H and O–H groups in total. The van der Waals surface area contributed by atoms with Crippen molar-refractivity contribution in [3.63, 3.8) is 0 Å². The van der Waals surface area contributed by atoms with Crippen molar-refractivity contribution < 1.29 is 18.7 Å². The first-order chi connectivity index (χ1) is 13.5. The summed E-state index contributed by atoms with van der Waals surface area (Å²) in [6, 6.07) is 12.2. The number of amides is 2. The van der Waals surface area contributed by atoms with Gasteiger partial charge in [-0.2, -0.15) is 0 Å². The van der Waals surface area contributed by atoms with Gasteiger partial charge in [-0.1, -0.05) is 18.2 Å². The molecule has 0 saturated carbocycles. The minimum atomic E-state index is -0.256. The summed E-state index contributed by atoms with van der Waals surface area (Å²) in [7, 11) is 0. The molecule has 2 aliphatic rings.